The normalized spacial score (nSPS) is 33.0. The summed E-state index contributed by atoms with van der Waals surface area (Å²) in [7, 11) is 1.63. The maximum Gasteiger partial charge on any atom is 0.270 e. The molecule has 132 valence electrons. The Hall–Kier alpha value is -2.04. The van der Waals surface area contributed by atoms with Gasteiger partial charge >= 0.3 is 0 Å². The number of nitrogens with one attached hydrogen (secondary N) is 1. The van der Waals surface area contributed by atoms with Gasteiger partial charge in [0.15, 0.2) is 11.4 Å². The van der Waals surface area contributed by atoms with Gasteiger partial charge in [-0.1, -0.05) is 0 Å². The fourth-order valence-corrected chi connectivity index (χ4v) is 6.15. The van der Waals surface area contributed by atoms with E-state index in [1.165, 1.54) is 19.3 Å². The van der Waals surface area contributed by atoms with Crippen LogP contribution in [0.2, 0.25) is 0 Å². The molecule has 4 aliphatic rings. The number of aromatic nitrogens is 2. The second kappa shape index (κ2) is 5.23. The average molecular weight is 339 g/mol. The van der Waals surface area contributed by atoms with Crippen molar-refractivity contribution in [3.8, 4) is 5.75 Å². The van der Waals surface area contributed by atoms with Crippen LogP contribution in [0.3, 0.4) is 0 Å². The van der Waals surface area contributed by atoms with Gasteiger partial charge in [-0.2, -0.15) is 0 Å². The number of methoxy groups -OCH3 is 1. The van der Waals surface area contributed by atoms with Crippen LogP contribution >= 0.6 is 0 Å². The number of carbonyl (C=O) groups excluding carboxylic acids is 1. The van der Waals surface area contributed by atoms with Gasteiger partial charge in [0.05, 0.1) is 12.8 Å². The smallest absolute Gasteiger partial charge is 0.270 e. The third-order valence-corrected chi connectivity index (χ3v) is 6.64. The minimum atomic E-state index is 0.0141. The van der Waals surface area contributed by atoms with Crippen LogP contribution in [0.4, 0.5) is 0 Å². The quantitative estimate of drug-likeness (QED) is 0.933. The minimum Gasteiger partial charge on any atom is -0.493 e. The molecule has 6 rings (SSSR count). The first kappa shape index (κ1) is 15.2. The number of pyridine rings is 1. The van der Waals surface area contributed by atoms with Gasteiger partial charge in [-0.15, -0.1) is 0 Å². The first-order chi connectivity index (χ1) is 12.1. The zero-order valence-corrected chi connectivity index (χ0v) is 14.9. The molecule has 5 nitrogen and oxygen atoms in total. The van der Waals surface area contributed by atoms with Crippen LogP contribution in [0.25, 0.3) is 5.65 Å². The maximum absolute atomic E-state index is 13.2. The Morgan fingerprint density at radius 1 is 1.24 bits per heavy atom. The van der Waals surface area contributed by atoms with Gasteiger partial charge < -0.3 is 10.1 Å². The molecule has 2 heterocycles. The number of ether oxygens (including phenoxy) is 1. The molecule has 2 aromatic rings. The molecule has 25 heavy (non-hydrogen) atoms. The lowest BCUT2D eigenvalue weighted by molar-refractivity contribution is -0.0168. The number of amides is 1. The molecule has 1 N–H and O–H groups in total. The van der Waals surface area contributed by atoms with Crippen LogP contribution in [-0.2, 0) is 0 Å². The molecule has 5 heteroatoms. The number of hydrogen-bond donors (Lipinski definition) is 1. The van der Waals surface area contributed by atoms with Crippen LogP contribution in [-0.4, -0.2) is 27.9 Å². The van der Waals surface area contributed by atoms with Crippen molar-refractivity contribution in [3.05, 3.63) is 29.7 Å². The third kappa shape index (κ3) is 2.28. The average Bonchev–Trinajstić information content (AvgIpc) is 2.88. The standard InChI is InChI=1S/C20H25N3O2/c1-12-17(23-5-3-4-16(25-2)18(23)21-12)19(24)22-20-9-13-6-14(10-20)8-15(7-13)11-20/h3-5,13-15H,6-11H2,1-2H3,(H,22,24). The van der Waals surface area contributed by atoms with Crippen molar-refractivity contribution in [2.45, 2.75) is 51.0 Å². The Morgan fingerprint density at radius 3 is 2.48 bits per heavy atom. The number of rotatable bonds is 3. The molecule has 0 aromatic carbocycles. The van der Waals surface area contributed by atoms with E-state index in [4.69, 9.17) is 4.74 Å². The fraction of sp³-hybridized carbons (Fsp3) is 0.600. The lowest BCUT2D eigenvalue weighted by Gasteiger charge is -2.56. The van der Waals surface area contributed by atoms with Gasteiger partial charge in [0.1, 0.15) is 5.69 Å². The molecule has 4 bridgehead atoms. The zero-order valence-electron chi connectivity index (χ0n) is 14.9. The maximum atomic E-state index is 13.2. The van der Waals surface area contributed by atoms with Crippen molar-refractivity contribution in [3.63, 3.8) is 0 Å². The van der Waals surface area contributed by atoms with Crippen molar-refractivity contribution in [2.75, 3.05) is 7.11 Å². The van der Waals surface area contributed by atoms with E-state index < -0.39 is 0 Å². The summed E-state index contributed by atoms with van der Waals surface area (Å²) in [5.41, 5.74) is 2.12. The number of hydrogen-bond acceptors (Lipinski definition) is 3. The van der Waals surface area contributed by atoms with E-state index in [2.05, 4.69) is 10.3 Å². The summed E-state index contributed by atoms with van der Waals surface area (Å²) in [4.78, 5) is 17.8. The molecule has 2 aromatic heterocycles. The predicted octanol–water partition coefficient (Wildman–Crippen LogP) is 3.35. The van der Waals surface area contributed by atoms with Gasteiger partial charge in [0.2, 0.25) is 0 Å². The molecule has 0 spiro atoms. The monoisotopic (exact) mass is 339 g/mol. The van der Waals surface area contributed by atoms with Gasteiger partial charge in [-0.05, 0) is 75.3 Å². The van der Waals surface area contributed by atoms with Crippen molar-refractivity contribution < 1.29 is 9.53 Å². The third-order valence-electron chi connectivity index (χ3n) is 6.64. The fourth-order valence-electron chi connectivity index (χ4n) is 6.15. The summed E-state index contributed by atoms with van der Waals surface area (Å²) in [5.74, 6) is 3.15. The molecule has 0 radical (unpaired) electrons. The minimum absolute atomic E-state index is 0.0141. The summed E-state index contributed by atoms with van der Waals surface area (Å²) in [6.07, 6.45) is 9.49. The van der Waals surface area contributed by atoms with Crippen molar-refractivity contribution in [1.29, 1.82) is 0 Å². The van der Waals surface area contributed by atoms with E-state index in [1.807, 2.05) is 29.7 Å². The highest BCUT2D eigenvalue weighted by molar-refractivity contribution is 5.95. The number of carbonyl (C=O) groups is 1. The van der Waals surface area contributed by atoms with Crippen LogP contribution in [0.1, 0.15) is 54.7 Å². The van der Waals surface area contributed by atoms with Crippen LogP contribution in [0.5, 0.6) is 5.75 Å². The Bertz CT molecular complexity index is 819. The number of aryl methyl sites for hydroxylation is 1. The molecule has 0 saturated heterocycles. The van der Waals surface area contributed by atoms with E-state index in [-0.39, 0.29) is 11.4 Å². The van der Waals surface area contributed by atoms with Crippen LogP contribution in [0.15, 0.2) is 18.3 Å². The number of imidazole rings is 1. The van der Waals surface area contributed by atoms with Crippen molar-refractivity contribution >= 4 is 11.6 Å². The number of nitrogens with zero attached hydrogens (tertiary/aromatic N) is 2. The Morgan fingerprint density at radius 2 is 1.88 bits per heavy atom. The molecular formula is C20H25N3O2. The van der Waals surface area contributed by atoms with Gasteiger partial charge in [0.25, 0.3) is 5.91 Å². The van der Waals surface area contributed by atoms with Gasteiger partial charge in [-0.25, -0.2) is 4.98 Å². The molecule has 0 atom stereocenters. The van der Waals surface area contributed by atoms with E-state index in [0.717, 1.165) is 42.7 Å². The SMILES string of the molecule is COc1cccn2c(C(=O)NC34CC5CC(CC(C5)C3)C4)c(C)nc12. The molecule has 1 amide bonds. The largest absolute Gasteiger partial charge is 0.493 e. The highest BCUT2D eigenvalue weighted by Crippen LogP contribution is 2.55. The van der Waals surface area contributed by atoms with Crippen LogP contribution < -0.4 is 10.1 Å². The zero-order chi connectivity index (χ0) is 17.2. The first-order valence-corrected chi connectivity index (χ1v) is 9.41. The van der Waals surface area contributed by atoms with Gasteiger partial charge in [-0.3, -0.25) is 9.20 Å². The summed E-state index contributed by atoms with van der Waals surface area (Å²) in [6.45, 7) is 1.90. The Labute approximate surface area is 147 Å². The Kier molecular flexibility index (Phi) is 3.19. The second-order valence-corrected chi connectivity index (χ2v) is 8.47. The highest BCUT2D eigenvalue weighted by atomic mass is 16.5. The Balaban J connectivity index is 1.49. The molecule has 4 saturated carbocycles. The summed E-state index contributed by atoms with van der Waals surface area (Å²) < 4.78 is 7.26. The molecule has 4 fully saturated rings. The molecular weight excluding hydrogens is 314 g/mol. The highest BCUT2D eigenvalue weighted by Gasteiger charge is 2.51. The summed E-state index contributed by atoms with van der Waals surface area (Å²) in [5, 5.41) is 3.46. The molecule has 4 aliphatic carbocycles. The summed E-state index contributed by atoms with van der Waals surface area (Å²) >= 11 is 0. The molecule has 0 unspecified atom stereocenters. The lowest BCUT2D eigenvalue weighted by Crippen LogP contribution is -2.60. The van der Waals surface area contributed by atoms with E-state index in [1.54, 1.807) is 7.11 Å². The van der Waals surface area contributed by atoms with Crippen LogP contribution in [0, 0.1) is 24.7 Å². The van der Waals surface area contributed by atoms with Crippen molar-refractivity contribution in [2.24, 2.45) is 17.8 Å². The topological polar surface area (TPSA) is 55.6 Å². The van der Waals surface area contributed by atoms with Crippen molar-refractivity contribution in [1.82, 2.24) is 14.7 Å². The molecule has 0 aliphatic heterocycles. The van der Waals surface area contributed by atoms with E-state index >= 15 is 0 Å². The van der Waals surface area contributed by atoms with Gasteiger partial charge in [0, 0.05) is 11.7 Å². The number of fused-ring (bicyclic) bond motifs is 1. The van der Waals surface area contributed by atoms with E-state index in [9.17, 15) is 4.79 Å². The van der Waals surface area contributed by atoms with E-state index in [0.29, 0.717) is 17.1 Å². The predicted molar refractivity (Wildman–Crippen MR) is 94.9 cm³/mol. The second-order valence-electron chi connectivity index (χ2n) is 8.47. The lowest BCUT2D eigenvalue weighted by atomic mass is 9.53. The first-order valence-electron chi connectivity index (χ1n) is 9.41. The summed E-state index contributed by atoms with van der Waals surface area (Å²) in [6, 6.07) is 3.77.